The van der Waals surface area contributed by atoms with Crippen LogP contribution in [0.5, 0.6) is 0 Å². The van der Waals surface area contributed by atoms with Crippen LogP contribution in [0.4, 0.5) is 0 Å². The molecule has 0 bridgehead atoms. The van der Waals surface area contributed by atoms with Gasteiger partial charge in [-0.25, -0.2) is 4.79 Å². The number of hydrogen-bond donors (Lipinski definition) is 3. The first-order valence-corrected chi connectivity index (χ1v) is 7.98. The fourth-order valence-electron chi connectivity index (χ4n) is 0.670. The minimum absolute atomic E-state index is 0.139. The number of carbonyl (C=O) groups excluding carboxylic acids is 2. The molecule has 8 heteroatoms. The van der Waals surface area contributed by atoms with Gasteiger partial charge in [-0.05, 0) is 41.5 Å². The van der Waals surface area contributed by atoms with Crippen molar-refractivity contribution in [1.29, 1.82) is 0 Å². The van der Waals surface area contributed by atoms with E-state index in [0.717, 1.165) is 13.2 Å². The highest BCUT2D eigenvalue weighted by molar-refractivity contribution is 5.73. The van der Waals surface area contributed by atoms with Crippen molar-refractivity contribution in [2.75, 3.05) is 33.0 Å². The highest BCUT2D eigenvalue weighted by Gasteiger charge is 2.07. The predicted octanol–water partition coefficient (Wildman–Crippen LogP) is 0.902. The molecule has 0 spiro atoms. The molecular formula is C16H36O8. The number of rotatable bonds is 6. The lowest BCUT2D eigenvalue weighted by atomic mass is 10.4. The molecule has 0 aromatic heterocycles. The van der Waals surface area contributed by atoms with Gasteiger partial charge in [0.15, 0.2) is 0 Å². The third-order valence-electron chi connectivity index (χ3n) is 1.65. The second-order valence-electron chi connectivity index (χ2n) is 4.17. The largest absolute Gasteiger partial charge is 0.466 e. The minimum Gasteiger partial charge on any atom is -0.466 e. The maximum Gasteiger partial charge on any atom is 0.334 e. The average Bonchev–Trinajstić information content (AvgIpc) is 2.50. The molecular weight excluding hydrogens is 320 g/mol. The van der Waals surface area contributed by atoms with Gasteiger partial charge in [-0.1, -0.05) is 0 Å². The lowest BCUT2D eigenvalue weighted by Crippen LogP contribution is -2.18. The highest BCUT2D eigenvalue weighted by Crippen LogP contribution is 1.84. The summed E-state index contributed by atoms with van der Waals surface area (Å²) in [6.45, 7) is 14.1. The standard InChI is InChI=1S/C5H10O3.C4H8O2.C4H10O.C3H8O2/c1-3-8-5(7)4(2)6;1-3-6-4(2)5;1-3-5-4-2;1-3(5)2-4/h4,6H,3H2,1-2H3;3H2,1-2H3;3-4H2,1-2H3;3-5H,2H2,1H3. The van der Waals surface area contributed by atoms with E-state index in [4.69, 9.17) is 20.1 Å². The van der Waals surface area contributed by atoms with E-state index in [9.17, 15) is 9.59 Å². The molecule has 8 nitrogen and oxygen atoms in total. The Hall–Kier alpha value is -1.22. The average molecular weight is 356 g/mol. The Morgan fingerprint density at radius 3 is 1.29 bits per heavy atom. The number of carbonyl (C=O) groups is 2. The van der Waals surface area contributed by atoms with Crippen LogP contribution < -0.4 is 0 Å². The van der Waals surface area contributed by atoms with Crippen molar-refractivity contribution in [3.63, 3.8) is 0 Å². The number of hydrogen-bond acceptors (Lipinski definition) is 8. The summed E-state index contributed by atoms with van der Waals surface area (Å²) in [5.74, 6) is -0.773. The zero-order valence-corrected chi connectivity index (χ0v) is 16.1. The van der Waals surface area contributed by atoms with Gasteiger partial charge < -0.3 is 29.5 Å². The van der Waals surface area contributed by atoms with Crippen molar-refractivity contribution < 1.29 is 39.1 Å². The van der Waals surface area contributed by atoms with Crippen LogP contribution in [-0.4, -0.2) is 72.5 Å². The van der Waals surface area contributed by atoms with E-state index in [2.05, 4.69) is 9.47 Å². The zero-order chi connectivity index (χ0) is 20.0. The number of esters is 2. The summed E-state index contributed by atoms with van der Waals surface area (Å²) in [4.78, 5) is 20.1. The van der Waals surface area contributed by atoms with E-state index in [1.165, 1.54) is 20.8 Å². The van der Waals surface area contributed by atoms with Crippen LogP contribution in [0.15, 0.2) is 0 Å². The van der Waals surface area contributed by atoms with Crippen LogP contribution in [0.25, 0.3) is 0 Å². The normalized spacial score (nSPS) is 11.1. The van der Waals surface area contributed by atoms with E-state index in [0.29, 0.717) is 13.2 Å². The topological polar surface area (TPSA) is 123 Å². The third kappa shape index (κ3) is 49.8. The Kier molecular flexibility index (Phi) is 34.0. The molecule has 0 amide bonds. The van der Waals surface area contributed by atoms with Crippen LogP contribution >= 0.6 is 0 Å². The van der Waals surface area contributed by atoms with Crippen molar-refractivity contribution in [2.24, 2.45) is 0 Å². The molecule has 0 aliphatic carbocycles. The van der Waals surface area contributed by atoms with E-state index in [1.807, 2.05) is 13.8 Å². The second-order valence-corrected chi connectivity index (χ2v) is 4.17. The number of aliphatic hydroxyl groups excluding tert-OH is 3. The molecule has 2 unspecified atom stereocenters. The third-order valence-corrected chi connectivity index (χ3v) is 1.65. The van der Waals surface area contributed by atoms with E-state index in [1.54, 1.807) is 13.8 Å². The first-order chi connectivity index (χ1) is 11.1. The summed E-state index contributed by atoms with van der Waals surface area (Å²) in [5, 5.41) is 24.5. The lowest BCUT2D eigenvalue weighted by Gasteiger charge is -2.01. The SMILES string of the molecule is CC(O)CO.CCOC(=O)C(C)O.CCOC(C)=O.CCOCC. The van der Waals surface area contributed by atoms with Gasteiger partial charge in [-0.15, -0.1) is 0 Å². The van der Waals surface area contributed by atoms with E-state index >= 15 is 0 Å². The molecule has 0 aliphatic rings. The van der Waals surface area contributed by atoms with Gasteiger partial charge in [0.05, 0.1) is 25.9 Å². The van der Waals surface area contributed by atoms with Crippen molar-refractivity contribution in [1.82, 2.24) is 0 Å². The molecule has 148 valence electrons. The molecule has 2 atom stereocenters. The van der Waals surface area contributed by atoms with Crippen molar-refractivity contribution in [3.05, 3.63) is 0 Å². The van der Waals surface area contributed by atoms with Gasteiger partial charge in [-0.3, -0.25) is 4.79 Å². The first kappa shape index (κ1) is 30.6. The molecule has 0 aliphatic heterocycles. The molecule has 0 saturated carbocycles. The first-order valence-electron chi connectivity index (χ1n) is 7.98. The maximum absolute atomic E-state index is 10.3. The molecule has 3 N–H and O–H groups in total. The van der Waals surface area contributed by atoms with Crippen LogP contribution in [0.2, 0.25) is 0 Å². The van der Waals surface area contributed by atoms with Gasteiger partial charge in [0.1, 0.15) is 6.10 Å². The Balaban J connectivity index is -0.000000114. The Morgan fingerprint density at radius 1 is 0.875 bits per heavy atom. The van der Waals surface area contributed by atoms with Crippen molar-refractivity contribution in [2.45, 2.75) is 60.7 Å². The summed E-state index contributed by atoms with van der Waals surface area (Å²) in [7, 11) is 0. The fraction of sp³-hybridized carbons (Fsp3) is 0.875. The summed E-state index contributed by atoms with van der Waals surface area (Å²) < 4.78 is 13.7. The molecule has 0 saturated heterocycles. The van der Waals surface area contributed by atoms with Gasteiger partial charge >= 0.3 is 11.9 Å². The van der Waals surface area contributed by atoms with E-state index < -0.39 is 18.2 Å². The van der Waals surface area contributed by atoms with E-state index in [-0.39, 0.29) is 12.6 Å². The van der Waals surface area contributed by atoms with Crippen LogP contribution in [-0.2, 0) is 23.8 Å². The van der Waals surface area contributed by atoms with Crippen molar-refractivity contribution >= 4 is 11.9 Å². The van der Waals surface area contributed by atoms with Gasteiger partial charge in [-0.2, -0.15) is 0 Å². The summed E-state index contributed by atoms with van der Waals surface area (Å²) in [6.07, 6.45) is -1.55. The molecule has 0 rings (SSSR count). The Labute approximate surface area is 145 Å². The smallest absolute Gasteiger partial charge is 0.334 e. The summed E-state index contributed by atoms with van der Waals surface area (Å²) in [6, 6.07) is 0. The maximum atomic E-state index is 10.3. The van der Waals surface area contributed by atoms with Crippen molar-refractivity contribution in [3.8, 4) is 0 Å². The summed E-state index contributed by atoms with van der Waals surface area (Å²) in [5.41, 5.74) is 0. The quantitative estimate of drug-likeness (QED) is 0.600. The molecule has 0 heterocycles. The fourth-order valence-corrected chi connectivity index (χ4v) is 0.670. The Bertz CT molecular complexity index is 252. The zero-order valence-electron chi connectivity index (χ0n) is 16.1. The minimum atomic E-state index is -0.991. The molecule has 24 heavy (non-hydrogen) atoms. The van der Waals surface area contributed by atoms with Gasteiger partial charge in [0, 0.05) is 20.1 Å². The predicted molar refractivity (Wildman–Crippen MR) is 91.6 cm³/mol. The molecule has 0 aromatic carbocycles. The number of ether oxygens (including phenoxy) is 3. The Morgan fingerprint density at radius 2 is 1.25 bits per heavy atom. The van der Waals surface area contributed by atoms with Gasteiger partial charge in [0.25, 0.3) is 0 Å². The monoisotopic (exact) mass is 356 g/mol. The van der Waals surface area contributed by atoms with Gasteiger partial charge in [0.2, 0.25) is 0 Å². The second kappa shape index (κ2) is 26.7. The highest BCUT2D eigenvalue weighted by atomic mass is 16.5. The van der Waals surface area contributed by atoms with Crippen LogP contribution in [0.1, 0.15) is 48.5 Å². The summed E-state index contributed by atoms with van der Waals surface area (Å²) >= 11 is 0. The van der Waals surface area contributed by atoms with Crippen LogP contribution in [0, 0.1) is 0 Å². The number of aliphatic hydroxyl groups is 3. The lowest BCUT2D eigenvalue weighted by molar-refractivity contribution is -0.151. The van der Waals surface area contributed by atoms with Crippen LogP contribution in [0.3, 0.4) is 0 Å². The molecule has 0 aromatic rings. The molecule has 0 radical (unpaired) electrons. The molecule has 0 fully saturated rings.